The minimum Gasteiger partial charge on any atom is -0.306 e. The maximum absolute atomic E-state index is 3.84. The van der Waals surface area contributed by atoms with E-state index in [1.807, 2.05) is 0 Å². The van der Waals surface area contributed by atoms with Crippen molar-refractivity contribution in [3.8, 4) is 0 Å². The first kappa shape index (κ1) is 8.55. The molecule has 12 heavy (non-hydrogen) atoms. The van der Waals surface area contributed by atoms with Gasteiger partial charge in [-0.1, -0.05) is 6.92 Å². The van der Waals surface area contributed by atoms with Crippen LogP contribution in [0.15, 0.2) is 0 Å². The zero-order valence-electron chi connectivity index (χ0n) is 8.61. The lowest BCUT2D eigenvalue weighted by Crippen LogP contribution is -2.63. The van der Waals surface area contributed by atoms with Gasteiger partial charge in [0.25, 0.3) is 0 Å². The van der Waals surface area contributed by atoms with Crippen LogP contribution < -0.4 is 5.32 Å². The lowest BCUT2D eigenvalue weighted by molar-refractivity contribution is 0.0610. The van der Waals surface area contributed by atoms with Crippen LogP contribution in [-0.4, -0.2) is 11.1 Å². The summed E-state index contributed by atoms with van der Waals surface area (Å²) >= 11 is 0. The lowest BCUT2D eigenvalue weighted by Gasteiger charge is -2.53. The summed E-state index contributed by atoms with van der Waals surface area (Å²) in [6.45, 7) is 7.21. The minimum atomic E-state index is 0.463. The van der Waals surface area contributed by atoms with Crippen LogP contribution in [0.3, 0.4) is 0 Å². The van der Waals surface area contributed by atoms with Crippen molar-refractivity contribution >= 4 is 0 Å². The third-order valence-electron chi connectivity index (χ3n) is 3.66. The molecule has 2 fully saturated rings. The summed E-state index contributed by atoms with van der Waals surface area (Å²) in [5.41, 5.74) is 0.926. The predicted octanol–water partition coefficient (Wildman–Crippen LogP) is 2.71. The first-order valence-electron chi connectivity index (χ1n) is 5.31. The van der Waals surface area contributed by atoms with Crippen LogP contribution in [0.4, 0.5) is 0 Å². The molecule has 2 saturated heterocycles. The highest BCUT2D eigenvalue weighted by atomic mass is 15.1. The summed E-state index contributed by atoms with van der Waals surface area (Å²) in [5.74, 6) is 0.918. The van der Waals surface area contributed by atoms with E-state index in [1.54, 1.807) is 0 Å². The highest BCUT2D eigenvalue weighted by Gasteiger charge is 2.43. The maximum atomic E-state index is 3.84. The van der Waals surface area contributed by atoms with E-state index >= 15 is 0 Å². The minimum absolute atomic E-state index is 0.463. The van der Waals surface area contributed by atoms with Gasteiger partial charge in [-0.3, -0.25) is 0 Å². The summed E-state index contributed by atoms with van der Waals surface area (Å²) in [7, 11) is 0. The molecule has 0 aromatic heterocycles. The Morgan fingerprint density at radius 3 is 2.08 bits per heavy atom. The molecule has 2 aliphatic heterocycles. The van der Waals surface area contributed by atoms with E-state index in [4.69, 9.17) is 0 Å². The molecule has 0 aromatic carbocycles. The van der Waals surface area contributed by atoms with Crippen LogP contribution in [0.1, 0.15) is 52.9 Å². The molecule has 0 spiro atoms. The van der Waals surface area contributed by atoms with E-state index in [0.29, 0.717) is 11.1 Å². The zero-order valence-corrected chi connectivity index (χ0v) is 8.61. The van der Waals surface area contributed by atoms with E-state index in [2.05, 4.69) is 26.1 Å². The summed E-state index contributed by atoms with van der Waals surface area (Å²) in [4.78, 5) is 0. The standard InChI is InChI=1S/C11H21N/c1-9-7-10(2)5-4-6-11(3,8-9)12-10/h9,12H,4-8H2,1-3H3. The Hall–Kier alpha value is -0.0400. The Balaban J connectivity index is 2.19. The van der Waals surface area contributed by atoms with Crippen molar-refractivity contribution in [3.63, 3.8) is 0 Å². The fourth-order valence-corrected chi connectivity index (χ4v) is 3.64. The molecule has 0 aromatic rings. The number of hydrogen-bond donors (Lipinski definition) is 1. The summed E-state index contributed by atoms with van der Waals surface area (Å²) < 4.78 is 0. The average molecular weight is 167 g/mol. The molecule has 2 unspecified atom stereocenters. The van der Waals surface area contributed by atoms with E-state index in [1.165, 1.54) is 32.1 Å². The SMILES string of the molecule is CC1CC2(C)CCCC(C)(C1)N2. The number of piperidine rings is 2. The first-order chi connectivity index (χ1) is 5.52. The molecule has 2 rings (SSSR count). The van der Waals surface area contributed by atoms with Gasteiger partial charge in [-0.2, -0.15) is 0 Å². The fourth-order valence-electron chi connectivity index (χ4n) is 3.64. The second kappa shape index (κ2) is 2.47. The van der Waals surface area contributed by atoms with Crippen LogP contribution >= 0.6 is 0 Å². The molecule has 2 aliphatic rings. The van der Waals surface area contributed by atoms with E-state index < -0.39 is 0 Å². The second-order valence-electron chi connectivity index (χ2n) is 5.61. The van der Waals surface area contributed by atoms with E-state index in [-0.39, 0.29) is 0 Å². The molecule has 2 heterocycles. The van der Waals surface area contributed by atoms with E-state index in [0.717, 1.165) is 5.92 Å². The molecule has 2 bridgehead atoms. The molecule has 1 N–H and O–H groups in total. The number of rotatable bonds is 0. The van der Waals surface area contributed by atoms with Crippen molar-refractivity contribution in [2.24, 2.45) is 5.92 Å². The Kier molecular flexibility index (Phi) is 1.76. The highest BCUT2D eigenvalue weighted by molar-refractivity contribution is 5.03. The van der Waals surface area contributed by atoms with Crippen molar-refractivity contribution in [3.05, 3.63) is 0 Å². The van der Waals surface area contributed by atoms with Gasteiger partial charge in [-0.25, -0.2) is 0 Å². The maximum Gasteiger partial charge on any atom is 0.0161 e. The second-order valence-corrected chi connectivity index (χ2v) is 5.61. The molecule has 1 nitrogen and oxygen atoms in total. The summed E-state index contributed by atoms with van der Waals surface area (Å²) in [6.07, 6.45) is 6.94. The number of nitrogens with one attached hydrogen (secondary N) is 1. The molecule has 0 aliphatic carbocycles. The lowest BCUT2D eigenvalue weighted by atomic mass is 9.67. The van der Waals surface area contributed by atoms with Crippen LogP contribution in [-0.2, 0) is 0 Å². The molecule has 1 heteroatoms. The van der Waals surface area contributed by atoms with Gasteiger partial charge in [0.05, 0.1) is 0 Å². The smallest absolute Gasteiger partial charge is 0.0161 e. The molecule has 2 atom stereocenters. The molecule has 0 saturated carbocycles. The van der Waals surface area contributed by atoms with Crippen molar-refractivity contribution < 1.29 is 0 Å². The summed E-state index contributed by atoms with van der Waals surface area (Å²) in [5, 5.41) is 3.84. The van der Waals surface area contributed by atoms with Gasteiger partial charge in [0.2, 0.25) is 0 Å². The Morgan fingerprint density at radius 2 is 1.58 bits per heavy atom. The van der Waals surface area contributed by atoms with Crippen LogP contribution in [0, 0.1) is 5.92 Å². The molecule has 70 valence electrons. The van der Waals surface area contributed by atoms with Crippen molar-refractivity contribution in [1.82, 2.24) is 5.32 Å². The number of fused-ring (bicyclic) bond motifs is 2. The molecular formula is C11H21N. The van der Waals surface area contributed by atoms with Crippen molar-refractivity contribution in [2.75, 3.05) is 0 Å². The molecule has 0 radical (unpaired) electrons. The Bertz CT molecular complexity index is 171. The molecule has 0 amide bonds. The normalized spacial score (nSPS) is 53.8. The van der Waals surface area contributed by atoms with E-state index in [9.17, 15) is 0 Å². The topological polar surface area (TPSA) is 12.0 Å². The van der Waals surface area contributed by atoms with Gasteiger partial charge in [-0.15, -0.1) is 0 Å². The van der Waals surface area contributed by atoms with Crippen molar-refractivity contribution in [2.45, 2.75) is 64.0 Å². The third-order valence-corrected chi connectivity index (χ3v) is 3.66. The van der Waals surface area contributed by atoms with Gasteiger partial charge >= 0.3 is 0 Å². The molecular weight excluding hydrogens is 146 g/mol. The van der Waals surface area contributed by atoms with Crippen LogP contribution in [0.5, 0.6) is 0 Å². The zero-order chi connectivity index (χ0) is 8.82. The number of hydrogen-bond acceptors (Lipinski definition) is 1. The quantitative estimate of drug-likeness (QED) is 0.585. The first-order valence-corrected chi connectivity index (χ1v) is 5.31. The largest absolute Gasteiger partial charge is 0.306 e. The van der Waals surface area contributed by atoms with Gasteiger partial charge in [0.1, 0.15) is 0 Å². The van der Waals surface area contributed by atoms with Gasteiger partial charge in [0, 0.05) is 11.1 Å². The Labute approximate surface area is 75.9 Å². The van der Waals surface area contributed by atoms with Gasteiger partial charge in [-0.05, 0) is 51.9 Å². The predicted molar refractivity (Wildman–Crippen MR) is 52.2 cm³/mol. The third kappa shape index (κ3) is 1.39. The van der Waals surface area contributed by atoms with Gasteiger partial charge in [0.15, 0.2) is 0 Å². The average Bonchev–Trinajstić information content (AvgIpc) is 1.79. The van der Waals surface area contributed by atoms with Crippen LogP contribution in [0.2, 0.25) is 0 Å². The summed E-state index contributed by atoms with van der Waals surface area (Å²) in [6, 6.07) is 0. The highest BCUT2D eigenvalue weighted by Crippen LogP contribution is 2.41. The fraction of sp³-hybridized carbons (Fsp3) is 1.00. The Morgan fingerprint density at radius 1 is 1.08 bits per heavy atom. The van der Waals surface area contributed by atoms with Crippen LogP contribution in [0.25, 0.3) is 0 Å². The van der Waals surface area contributed by atoms with Crippen molar-refractivity contribution in [1.29, 1.82) is 0 Å². The monoisotopic (exact) mass is 167 g/mol. The van der Waals surface area contributed by atoms with Gasteiger partial charge < -0.3 is 5.32 Å².